The van der Waals surface area contributed by atoms with Gasteiger partial charge in [-0.2, -0.15) is 0 Å². The van der Waals surface area contributed by atoms with Crippen LogP contribution in [0, 0.1) is 0 Å². The van der Waals surface area contributed by atoms with E-state index < -0.39 is 36.7 Å². The standard InChI is InChI=1S/C22H42O6/c1-3-5-7-9-11-13-15-18(24)21(27)22(19(25)17-23)28-20(26)16-14-12-10-8-6-4-2/h19,21-23,25,27H,3-17H2,1-2H3/t19-,21?,22-/m1/s1. The number of hydrogen-bond donors (Lipinski definition) is 3. The number of unbranched alkanes of at least 4 members (excludes halogenated alkanes) is 10. The fraction of sp³-hybridized carbons (Fsp3) is 0.909. The highest BCUT2D eigenvalue weighted by atomic mass is 16.6. The molecule has 0 radical (unpaired) electrons. The molecule has 3 atom stereocenters. The number of ether oxygens (including phenoxy) is 1. The fourth-order valence-corrected chi connectivity index (χ4v) is 3.13. The lowest BCUT2D eigenvalue weighted by Crippen LogP contribution is -2.46. The number of Topliss-reactive ketones (excluding diaryl/α,β-unsaturated/α-hetero) is 1. The maximum atomic E-state index is 12.2. The van der Waals surface area contributed by atoms with E-state index in [9.17, 15) is 24.9 Å². The summed E-state index contributed by atoms with van der Waals surface area (Å²) < 4.78 is 5.15. The van der Waals surface area contributed by atoms with Crippen LogP contribution in [0.2, 0.25) is 0 Å². The van der Waals surface area contributed by atoms with E-state index in [0.717, 1.165) is 51.4 Å². The Morgan fingerprint density at radius 2 is 1.21 bits per heavy atom. The van der Waals surface area contributed by atoms with Crippen LogP contribution in [-0.4, -0.2) is 52.0 Å². The van der Waals surface area contributed by atoms with Gasteiger partial charge in [-0.1, -0.05) is 78.1 Å². The zero-order chi connectivity index (χ0) is 21.2. The van der Waals surface area contributed by atoms with Gasteiger partial charge in [-0.25, -0.2) is 0 Å². The SMILES string of the molecule is CCCCCCCCC(=O)O[C@@H](C(O)C(=O)CCCCCCCC)[C@H](O)CO. The molecular formula is C22H42O6. The van der Waals surface area contributed by atoms with Crippen molar-refractivity contribution in [1.29, 1.82) is 0 Å². The molecule has 166 valence electrons. The smallest absolute Gasteiger partial charge is 0.306 e. The Morgan fingerprint density at radius 1 is 0.750 bits per heavy atom. The van der Waals surface area contributed by atoms with Crippen molar-refractivity contribution in [2.24, 2.45) is 0 Å². The number of esters is 1. The van der Waals surface area contributed by atoms with E-state index in [1.54, 1.807) is 0 Å². The Morgan fingerprint density at radius 3 is 1.71 bits per heavy atom. The third-order valence-electron chi connectivity index (χ3n) is 4.99. The van der Waals surface area contributed by atoms with Crippen LogP contribution in [0.1, 0.15) is 104 Å². The minimum Gasteiger partial charge on any atom is -0.456 e. The van der Waals surface area contributed by atoms with Crippen LogP contribution < -0.4 is 0 Å². The zero-order valence-corrected chi connectivity index (χ0v) is 17.9. The average Bonchev–Trinajstić information content (AvgIpc) is 2.70. The van der Waals surface area contributed by atoms with Crippen molar-refractivity contribution in [2.75, 3.05) is 6.61 Å². The van der Waals surface area contributed by atoms with Gasteiger partial charge in [0.05, 0.1) is 6.61 Å². The molecule has 6 nitrogen and oxygen atoms in total. The maximum Gasteiger partial charge on any atom is 0.306 e. The molecule has 0 saturated heterocycles. The highest BCUT2D eigenvalue weighted by molar-refractivity contribution is 5.84. The third kappa shape index (κ3) is 13.2. The van der Waals surface area contributed by atoms with Crippen molar-refractivity contribution in [2.45, 2.75) is 122 Å². The molecule has 3 N–H and O–H groups in total. The minimum absolute atomic E-state index is 0.177. The summed E-state index contributed by atoms with van der Waals surface area (Å²) in [5.74, 6) is -1.01. The van der Waals surface area contributed by atoms with Crippen molar-refractivity contribution in [3.8, 4) is 0 Å². The molecule has 0 rings (SSSR count). The number of aliphatic hydroxyl groups excluding tert-OH is 3. The zero-order valence-electron chi connectivity index (χ0n) is 17.9. The van der Waals surface area contributed by atoms with Gasteiger partial charge in [-0.05, 0) is 12.8 Å². The second kappa shape index (κ2) is 18.1. The Bertz CT molecular complexity index is 398. The summed E-state index contributed by atoms with van der Waals surface area (Å²) in [6.07, 6.45) is 8.08. The molecule has 6 heteroatoms. The van der Waals surface area contributed by atoms with Crippen molar-refractivity contribution in [1.82, 2.24) is 0 Å². The van der Waals surface area contributed by atoms with Crippen LogP contribution in [0.15, 0.2) is 0 Å². The first kappa shape index (κ1) is 27.0. The topological polar surface area (TPSA) is 104 Å². The molecule has 0 aliphatic rings. The average molecular weight is 403 g/mol. The monoisotopic (exact) mass is 402 g/mol. The minimum atomic E-state index is -1.61. The Labute approximate surface area is 170 Å². The third-order valence-corrected chi connectivity index (χ3v) is 4.99. The molecule has 0 aliphatic carbocycles. The maximum absolute atomic E-state index is 12.2. The van der Waals surface area contributed by atoms with E-state index in [1.165, 1.54) is 12.8 Å². The largest absolute Gasteiger partial charge is 0.456 e. The quantitative estimate of drug-likeness (QED) is 0.225. The highest BCUT2D eigenvalue weighted by Crippen LogP contribution is 2.15. The molecule has 0 fully saturated rings. The predicted octanol–water partition coefficient (Wildman–Crippen LogP) is 3.68. The second-order valence-electron chi connectivity index (χ2n) is 7.65. The summed E-state index contributed by atoms with van der Waals surface area (Å²) in [7, 11) is 0. The molecule has 28 heavy (non-hydrogen) atoms. The molecule has 0 aromatic carbocycles. The Hall–Kier alpha value is -0.980. The molecule has 0 heterocycles. The van der Waals surface area contributed by atoms with Gasteiger partial charge in [-0.15, -0.1) is 0 Å². The molecule has 0 aromatic heterocycles. The summed E-state index contributed by atoms with van der Waals surface area (Å²) in [5, 5.41) is 29.3. The van der Waals surface area contributed by atoms with Crippen molar-refractivity contribution in [3.05, 3.63) is 0 Å². The van der Waals surface area contributed by atoms with Gasteiger partial charge in [0.25, 0.3) is 0 Å². The van der Waals surface area contributed by atoms with Gasteiger partial charge in [0.1, 0.15) is 6.10 Å². The van der Waals surface area contributed by atoms with E-state index in [2.05, 4.69) is 13.8 Å². The number of carbonyl (C=O) groups is 2. The van der Waals surface area contributed by atoms with E-state index in [-0.39, 0.29) is 12.8 Å². The lowest BCUT2D eigenvalue weighted by atomic mass is 9.99. The summed E-state index contributed by atoms with van der Waals surface area (Å²) in [6, 6.07) is 0. The van der Waals surface area contributed by atoms with Crippen LogP contribution in [0.5, 0.6) is 0 Å². The first-order valence-corrected chi connectivity index (χ1v) is 11.2. The molecule has 0 spiro atoms. The number of hydrogen-bond acceptors (Lipinski definition) is 6. The molecule has 0 aliphatic heterocycles. The first-order chi connectivity index (χ1) is 13.5. The van der Waals surface area contributed by atoms with Gasteiger partial charge in [0.2, 0.25) is 0 Å². The Kier molecular flexibility index (Phi) is 17.4. The number of carbonyl (C=O) groups excluding carboxylic acids is 2. The van der Waals surface area contributed by atoms with Crippen molar-refractivity contribution in [3.63, 3.8) is 0 Å². The Balaban J connectivity index is 4.31. The summed E-state index contributed by atoms with van der Waals surface area (Å²) in [4.78, 5) is 24.2. The molecular weight excluding hydrogens is 360 g/mol. The fourth-order valence-electron chi connectivity index (χ4n) is 3.13. The lowest BCUT2D eigenvalue weighted by Gasteiger charge is -2.25. The van der Waals surface area contributed by atoms with Crippen LogP contribution in [0.4, 0.5) is 0 Å². The van der Waals surface area contributed by atoms with Crippen molar-refractivity contribution >= 4 is 11.8 Å². The predicted molar refractivity (Wildman–Crippen MR) is 110 cm³/mol. The van der Waals surface area contributed by atoms with Gasteiger partial charge < -0.3 is 20.1 Å². The summed E-state index contributed by atoms with van der Waals surface area (Å²) in [5.41, 5.74) is 0. The highest BCUT2D eigenvalue weighted by Gasteiger charge is 2.34. The van der Waals surface area contributed by atoms with Gasteiger partial charge >= 0.3 is 5.97 Å². The number of aliphatic hydroxyl groups is 3. The summed E-state index contributed by atoms with van der Waals surface area (Å²) in [6.45, 7) is 3.60. The number of rotatable bonds is 19. The van der Waals surface area contributed by atoms with Crippen LogP contribution in [0.25, 0.3) is 0 Å². The van der Waals surface area contributed by atoms with Crippen LogP contribution in [0.3, 0.4) is 0 Å². The van der Waals surface area contributed by atoms with E-state index >= 15 is 0 Å². The molecule has 0 saturated carbocycles. The molecule has 0 bridgehead atoms. The van der Waals surface area contributed by atoms with E-state index in [1.807, 2.05) is 0 Å². The molecule has 0 amide bonds. The summed E-state index contributed by atoms with van der Waals surface area (Å²) >= 11 is 0. The molecule has 1 unspecified atom stereocenters. The van der Waals surface area contributed by atoms with E-state index in [4.69, 9.17) is 4.74 Å². The van der Waals surface area contributed by atoms with Gasteiger partial charge in [0, 0.05) is 12.8 Å². The van der Waals surface area contributed by atoms with Gasteiger partial charge in [0.15, 0.2) is 18.0 Å². The second-order valence-corrected chi connectivity index (χ2v) is 7.65. The van der Waals surface area contributed by atoms with E-state index in [0.29, 0.717) is 12.8 Å². The molecule has 0 aromatic rings. The van der Waals surface area contributed by atoms with Gasteiger partial charge in [-0.3, -0.25) is 9.59 Å². The van der Waals surface area contributed by atoms with Crippen LogP contribution in [-0.2, 0) is 14.3 Å². The normalized spacial score (nSPS) is 14.5. The first-order valence-electron chi connectivity index (χ1n) is 11.2. The number of ketones is 1. The lowest BCUT2D eigenvalue weighted by molar-refractivity contribution is -0.170. The van der Waals surface area contributed by atoms with Crippen LogP contribution >= 0.6 is 0 Å². The van der Waals surface area contributed by atoms with Crippen molar-refractivity contribution < 1.29 is 29.6 Å².